The second-order valence-corrected chi connectivity index (χ2v) is 4.46. The highest BCUT2D eigenvalue weighted by Gasteiger charge is 2.30. The summed E-state index contributed by atoms with van der Waals surface area (Å²) in [4.78, 5) is 11.9. The predicted octanol–water partition coefficient (Wildman–Crippen LogP) is 2.99. The molecule has 0 saturated heterocycles. The first-order valence-electron chi connectivity index (χ1n) is 5.16. The lowest BCUT2D eigenvalue weighted by Crippen LogP contribution is -2.05. The van der Waals surface area contributed by atoms with Crippen LogP contribution in [0.1, 0.15) is 39.5 Å². The van der Waals surface area contributed by atoms with Crippen LogP contribution in [0.2, 0.25) is 0 Å². The fourth-order valence-electron chi connectivity index (χ4n) is 2.38. The second kappa shape index (κ2) is 2.94. The van der Waals surface area contributed by atoms with Gasteiger partial charge in [0.05, 0.1) is 0 Å². The largest absolute Gasteiger partial charge is 0.294 e. The van der Waals surface area contributed by atoms with Gasteiger partial charge in [0.15, 0.2) is 5.78 Å². The van der Waals surface area contributed by atoms with Gasteiger partial charge < -0.3 is 0 Å². The molecule has 1 heteroatoms. The fraction of sp³-hybridized carbons (Fsp3) is 0.462. The summed E-state index contributed by atoms with van der Waals surface area (Å²) in [5.74, 6) is 0.522. The summed E-state index contributed by atoms with van der Waals surface area (Å²) in [5, 5.41) is 0. The first-order chi connectivity index (χ1) is 6.52. The molecule has 2 rings (SSSR count). The summed E-state index contributed by atoms with van der Waals surface area (Å²) >= 11 is 0. The van der Waals surface area contributed by atoms with Crippen LogP contribution in [0.4, 0.5) is 0 Å². The van der Waals surface area contributed by atoms with Crippen LogP contribution in [-0.4, -0.2) is 5.78 Å². The van der Waals surface area contributed by atoms with E-state index in [1.54, 1.807) is 0 Å². The molecule has 0 heterocycles. The average molecular weight is 188 g/mol. The Labute approximate surface area is 85.1 Å². The van der Waals surface area contributed by atoms with Gasteiger partial charge in [-0.3, -0.25) is 4.79 Å². The zero-order valence-electron chi connectivity index (χ0n) is 9.27. The number of Topliss-reactive ketones (excluding diaryl/α,β-unsaturated/α-hetero) is 1. The van der Waals surface area contributed by atoms with Crippen molar-refractivity contribution in [3.05, 3.63) is 33.9 Å². The molecule has 0 fully saturated rings. The number of carbonyl (C=O) groups excluding carboxylic acids is 1. The monoisotopic (exact) mass is 188 g/mol. The van der Waals surface area contributed by atoms with Gasteiger partial charge in [0.25, 0.3) is 0 Å². The van der Waals surface area contributed by atoms with Gasteiger partial charge in [-0.25, -0.2) is 0 Å². The van der Waals surface area contributed by atoms with E-state index in [1.165, 1.54) is 22.3 Å². The van der Waals surface area contributed by atoms with E-state index in [1.807, 2.05) is 6.92 Å². The van der Waals surface area contributed by atoms with Gasteiger partial charge in [-0.05, 0) is 49.4 Å². The van der Waals surface area contributed by atoms with Crippen molar-refractivity contribution in [1.29, 1.82) is 0 Å². The number of aryl methyl sites for hydroxylation is 2. The predicted molar refractivity (Wildman–Crippen MR) is 57.9 cm³/mol. The average Bonchev–Trinajstić information content (AvgIpc) is 2.41. The molecule has 0 aliphatic heterocycles. The summed E-state index contributed by atoms with van der Waals surface area (Å²) in [6.45, 7) is 8.27. The highest BCUT2D eigenvalue weighted by atomic mass is 16.1. The van der Waals surface area contributed by atoms with E-state index in [-0.39, 0.29) is 5.92 Å². The van der Waals surface area contributed by atoms with E-state index in [4.69, 9.17) is 0 Å². The Balaban J connectivity index is 2.74. The Morgan fingerprint density at radius 3 is 2.50 bits per heavy atom. The lowest BCUT2D eigenvalue weighted by atomic mass is 9.95. The number of rotatable bonds is 0. The molecule has 1 nitrogen and oxygen atoms in total. The van der Waals surface area contributed by atoms with E-state index in [0.29, 0.717) is 5.78 Å². The third kappa shape index (κ3) is 1.12. The van der Waals surface area contributed by atoms with Crippen molar-refractivity contribution < 1.29 is 4.79 Å². The molecule has 0 saturated carbocycles. The third-order valence-corrected chi connectivity index (χ3v) is 3.38. The maximum absolute atomic E-state index is 11.9. The lowest BCUT2D eigenvalue weighted by Gasteiger charge is -2.09. The van der Waals surface area contributed by atoms with E-state index in [0.717, 1.165) is 12.0 Å². The number of benzene rings is 1. The summed E-state index contributed by atoms with van der Waals surface area (Å²) in [5.41, 5.74) is 5.99. The number of fused-ring (bicyclic) bond motifs is 1. The van der Waals surface area contributed by atoms with Gasteiger partial charge in [0, 0.05) is 11.5 Å². The molecule has 14 heavy (non-hydrogen) atoms. The molecular formula is C13H16O. The normalized spacial score (nSPS) is 20.0. The van der Waals surface area contributed by atoms with Gasteiger partial charge in [-0.1, -0.05) is 13.0 Å². The Bertz CT molecular complexity index is 416. The number of ketones is 1. The van der Waals surface area contributed by atoms with Gasteiger partial charge in [0.1, 0.15) is 0 Å². The molecule has 74 valence electrons. The van der Waals surface area contributed by atoms with E-state index >= 15 is 0 Å². The van der Waals surface area contributed by atoms with Gasteiger partial charge in [-0.2, -0.15) is 0 Å². The molecule has 0 amide bonds. The maximum atomic E-state index is 11.9. The summed E-state index contributed by atoms with van der Waals surface area (Å²) in [6.07, 6.45) is 0.932. The van der Waals surface area contributed by atoms with Crippen molar-refractivity contribution >= 4 is 5.78 Å². The molecule has 0 spiro atoms. The van der Waals surface area contributed by atoms with Crippen LogP contribution in [0.25, 0.3) is 0 Å². The van der Waals surface area contributed by atoms with Crippen LogP contribution < -0.4 is 0 Å². The quantitative estimate of drug-likeness (QED) is 0.611. The Morgan fingerprint density at radius 1 is 1.21 bits per heavy atom. The molecule has 1 aromatic carbocycles. The molecule has 0 aromatic heterocycles. The molecule has 1 unspecified atom stereocenters. The van der Waals surface area contributed by atoms with Gasteiger partial charge >= 0.3 is 0 Å². The summed E-state index contributed by atoms with van der Waals surface area (Å²) < 4.78 is 0. The highest BCUT2D eigenvalue weighted by molar-refractivity contribution is 6.03. The van der Waals surface area contributed by atoms with Crippen molar-refractivity contribution in [2.75, 3.05) is 0 Å². The third-order valence-electron chi connectivity index (χ3n) is 3.38. The highest BCUT2D eigenvalue weighted by Crippen LogP contribution is 2.32. The van der Waals surface area contributed by atoms with E-state index in [9.17, 15) is 4.79 Å². The second-order valence-electron chi connectivity index (χ2n) is 4.46. The van der Waals surface area contributed by atoms with Crippen LogP contribution in [0.5, 0.6) is 0 Å². The zero-order valence-corrected chi connectivity index (χ0v) is 9.27. The first-order valence-corrected chi connectivity index (χ1v) is 5.16. The molecular weight excluding hydrogens is 172 g/mol. The van der Waals surface area contributed by atoms with Crippen LogP contribution in [0, 0.1) is 26.7 Å². The minimum absolute atomic E-state index is 0.184. The van der Waals surface area contributed by atoms with Crippen LogP contribution >= 0.6 is 0 Å². The molecule has 0 radical (unpaired) electrons. The maximum Gasteiger partial charge on any atom is 0.166 e. The minimum atomic E-state index is 0.184. The molecule has 0 bridgehead atoms. The Morgan fingerprint density at radius 2 is 1.86 bits per heavy atom. The zero-order chi connectivity index (χ0) is 10.5. The molecule has 0 N–H and O–H groups in total. The standard InChI is InChI=1S/C13H16O/c1-7-5-8(2)11-6-9(3)13(14)12(11)10(7)4/h5,9H,6H2,1-4H3. The van der Waals surface area contributed by atoms with E-state index < -0.39 is 0 Å². The van der Waals surface area contributed by atoms with Crippen molar-refractivity contribution in [2.45, 2.75) is 34.1 Å². The summed E-state index contributed by atoms with van der Waals surface area (Å²) in [6, 6.07) is 2.19. The molecule has 1 aliphatic rings. The number of carbonyl (C=O) groups is 1. The fourth-order valence-corrected chi connectivity index (χ4v) is 2.38. The first kappa shape index (κ1) is 9.45. The number of hydrogen-bond acceptors (Lipinski definition) is 1. The smallest absolute Gasteiger partial charge is 0.166 e. The van der Waals surface area contributed by atoms with Crippen molar-refractivity contribution in [3.8, 4) is 0 Å². The van der Waals surface area contributed by atoms with Crippen LogP contribution in [-0.2, 0) is 6.42 Å². The van der Waals surface area contributed by atoms with Crippen molar-refractivity contribution in [2.24, 2.45) is 5.92 Å². The van der Waals surface area contributed by atoms with Crippen molar-refractivity contribution in [1.82, 2.24) is 0 Å². The molecule has 1 aliphatic carbocycles. The van der Waals surface area contributed by atoms with E-state index in [2.05, 4.69) is 26.8 Å². The van der Waals surface area contributed by atoms with Crippen LogP contribution in [0.15, 0.2) is 6.07 Å². The van der Waals surface area contributed by atoms with Gasteiger partial charge in [0.2, 0.25) is 0 Å². The van der Waals surface area contributed by atoms with Crippen molar-refractivity contribution in [3.63, 3.8) is 0 Å². The minimum Gasteiger partial charge on any atom is -0.294 e. The molecule has 1 aromatic rings. The topological polar surface area (TPSA) is 17.1 Å². The SMILES string of the molecule is Cc1cc(C)c2c(c1C)C(=O)C(C)C2. The Hall–Kier alpha value is -1.11. The Kier molecular flexibility index (Phi) is 1.99. The van der Waals surface area contributed by atoms with Gasteiger partial charge in [-0.15, -0.1) is 0 Å². The molecule has 1 atom stereocenters. The number of hydrogen-bond donors (Lipinski definition) is 0. The summed E-state index contributed by atoms with van der Waals surface area (Å²) in [7, 11) is 0. The van der Waals surface area contributed by atoms with Crippen LogP contribution in [0.3, 0.4) is 0 Å². The lowest BCUT2D eigenvalue weighted by molar-refractivity contribution is 0.0945.